The minimum absolute atomic E-state index is 0.229. The van der Waals surface area contributed by atoms with E-state index in [4.69, 9.17) is 14.2 Å². The molecule has 0 heterocycles. The highest BCUT2D eigenvalue weighted by Gasteiger charge is 2.17. The monoisotopic (exact) mass is 480 g/mol. The summed E-state index contributed by atoms with van der Waals surface area (Å²) in [5.41, 5.74) is 2.20. The van der Waals surface area contributed by atoms with Gasteiger partial charge in [-0.15, -0.1) is 5.10 Å². The van der Waals surface area contributed by atoms with Gasteiger partial charge in [0.2, 0.25) is 5.78 Å². The van der Waals surface area contributed by atoms with Crippen molar-refractivity contribution in [2.75, 3.05) is 21.3 Å². The van der Waals surface area contributed by atoms with E-state index in [1.807, 2.05) is 60.7 Å². The number of ketones is 1. The fourth-order valence-corrected chi connectivity index (χ4v) is 3.09. The van der Waals surface area contributed by atoms with Crippen LogP contribution in [0.2, 0.25) is 0 Å². The van der Waals surface area contributed by atoms with Gasteiger partial charge in [-0.25, -0.2) is 0 Å². The molecule has 6 nitrogen and oxygen atoms in total. The molecule has 182 valence electrons. The van der Waals surface area contributed by atoms with Crippen molar-refractivity contribution in [2.45, 2.75) is 0 Å². The summed E-state index contributed by atoms with van der Waals surface area (Å²) in [5.74, 6) is 1.88. The van der Waals surface area contributed by atoms with E-state index in [0.29, 0.717) is 22.6 Å². The lowest BCUT2D eigenvalue weighted by Crippen LogP contribution is -2.15. The number of hydrogen-bond acceptors (Lipinski definition) is 6. The average molecular weight is 481 g/mol. The number of methoxy groups -OCH3 is 3. The molecule has 0 amide bonds. The topological polar surface area (TPSA) is 69.5 Å². The van der Waals surface area contributed by atoms with Gasteiger partial charge in [0.05, 0.1) is 27.5 Å². The van der Waals surface area contributed by atoms with Crippen molar-refractivity contribution < 1.29 is 19.0 Å². The van der Waals surface area contributed by atoms with Crippen molar-refractivity contribution in [3.8, 4) is 17.2 Å². The summed E-state index contributed by atoms with van der Waals surface area (Å²) < 4.78 is 15.5. The standard InChI is InChI=1S/C24H22N2O4.C6H6/c1-28-20-10-4-17(5-11-20)16-25-26-23(18-6-12-21(29-2)13-7-18)24(27)19-8-14-22(30-3)15-9-19;1-2-4-6-5-3-1/h4-16H,1-3H3;1-6H/b25-16+,26-23+;. The van der Waals surface area contributed by atoms with E-state index < -0.39 is 0 Å². The van der Waals surface area contributed by atoms with E-state index in [0.717, 1.165) is 11.3 Å². The highest BCUT2D eigenvalue weighted by molar-refractivity contribution is 6.51. The number of benzene rings is 4. The molecule has 0 bridgehead atoms. The number of carbonyl (C=O) groups is 1. The van der Waals surface area contributed by atoms with Crippen LogP contribution in [0.5, 0.6) is 17.2 Å². The number of ether oxygens (including phenoxy) is 3. The van der Waals surface area contributed by atoms with Crippen LogP contribution in [0.4, 0.5) is 0 Å². The Morgan fingerprint density at radius 1 is 0.583 bits per heavy atom. The summed E-state index contributed by atoms with van der Waals surface area (Å²) in [6.07, 6.45) is 1.59. The average Bonchev–Trinajstić information content (AvgIpc) is 2.97. The van der Waals surface area contributed by atoms with Crippen molar-refractivity contribution >= 4 is 17.7 Å². The molecule has 4 rings (SSSR count). The Morgan fingerprint density at radius 3 is 1.39 bits per heavy atom. The van der Waals surface area contributed by atoms with Crippen LogP contribution in [0.1, 0.15) is 21.5 Å². The van der Waals surface area contributed by atoms with Crippen LogP contribution < -0.4 is 14.2 Å². The van der Waals surface area contributed by atoms with Gasteiger partial charge < -0.3 is 14.2 Å². The highest BCUT2D eigenvalue weighted by atomic mass is 16.5. The maximum Gasteiger partial charge on any atom is 0.213 e. The molecule has 0 atom stereocenters. The molecule has 0 saturated heterocycles. The third-order valence-electron chi connectivity index (χ3n) is 5.08. The normalized spacial score (nSPS) is 10.8. The van der Waals surface area contributed by atoms with Crippen LogP contribution in [-0.4, -0.2) is 39.0 Å². The Balaban J connectivity index is 0.000000526. The zero-order chi connectivity index (χ0) is 25.6. The molecule has 4 aromatic rings. The molecule has 6 heteroatoms. The molecule has 4 aromatic carbocycles. The number of nitrogens with zero attached hydrogens (tertiary/aromatic N) is 2. The first-order valence-corrected chi connectivity index (χ1v) is 11.2. The van der Waals surface area contributed by atoms with Gasteiger partial charge in [-0.3, -0.25) is 4.79 Å². The Hall–Kier alpha value is -4.71. The molecule has 0 fully saturated rings. The zero-order valence-corrected chi connectivity index (χ0v) is 20.5. The SMILES string of the molecule is COc1ccc(/C=N/N=C(/C(=O)c2ccc(OC)cc2)c2ccc(OC)cc2)cc1.c1ccccc1. The predicted octanol–water partition coefficient (Wildman–Crippen LogP) is 6.11. The molecule has 36 heavy (non-hydrogen) atoms. The summed E-state index contributed by atoms with van der Waals surface area (Å²) in [5, 5.41) is 8.38. The first-order valence-electron chi connectivity index (χ1n) is 11.2. The smallest absolute Gasteiger partial charge is 0.213 e. The number of Topliss-reactive ketones (excluding diaryl/α,β-unsaturated/α-hetero) is 1. The van der Waals surface area contributed by atoms with Gasteiger partial charge in [0.25, 0.3) is 0 Å². The van der Waals surface area contributed by atoms with E-state index in [9.17, 15) is 4.79 Å². The maximum atomic E-state index is 13.1. The van der Waals surface area contributed by atoms with Gasteiger partial charge in [-0.05, 0) is 78.4 Å². The summed E-state index contributed by atoms with van der Waals surface area (Å²) >= 11 is 0. The second kappa shape index (κ2) is 13.9. The molecule has 0 unspecified atom stereocenters. The van der Waals surface area contributed by atoms with Crippen molar-refractivity contribution in [2.24, 2.45) is 10.2 Å². The number of carbonyl (C=O) groups excluding carboxylic acids is 1. The first-order chi connectivity index (χ1) is 17.6. The van der Waals surface area contributed by atoms with Crippen molar-refractivity contribution in [1.29, 1.82) is 0 Å². The van der Waals surface area contributed by atoms with Gasteiger partial charge in [-0.2, -0.15) is 5.10 Å². The van der Waals surface area contributed by atoms with Crippen LogP contribution in [0.25, 0.3) is 0 Å². The second-order valence-electron chi connectivity index (χ2n) is 7.41. The molecule has 0 radical (unpaired) electrons. The first kappa shape index (κ1) is 25.9. The Kier molecular flexibility index (Phi) is 9.98. The van der Waals surface area contributed by atoms with Crippen LogP contribution >= 0.6 is 0 Å². The van der Waals surface area contributed by atoms with Crippen molar-refractivity contribution in [3.05, 3.63) is 126 Å². The molecule has 0 N–H and O–H groups in total. The van der Waals surface area contributed by atoms with Gasteiger partial charge in [-0.1, -0.05) is 36.4 Å². The van der Waals surface area contributed by atoms with Crippen LogP contribution in [0, 0.1) is 0 Å². The van der Waals surface area contributed by atoms with Crippen molar-refractivity contribution in [1.82, 2.24) is 0 Å². The molecule has 0 aliphatic rings. The maximum absolute atomic E-state index is 13.1. The molecule has 0 aliphatic carbocycles. The van der Waals surface area contributed by atoms with Gasteiger partial charge >= 0.3 is 0 Å². The van der Waals surface area contributed by atoms with Gasteiger partial charge in [0.15, 0.2) is 0 Å². The number of hydrogen-bond donors (Lipinski definition) is 0. The lowest BCUT2D eigenvalue weighted by molar-refractivity contribution is 0.106. The third kappa shape index (κ3) is 7.67. The Bertz CT molecular complexity index is 1240. The molecule has 0 saturated carbocycles. The van der Waals surface area contributed by atoms with Crippen LogP contribution in [0.15, 0.2) is 119 Å². The van der Waals surface area contributed by atoms with Crippen LogP contribution in [-0.2, 0) is 0 Å². The zero-order valence-electron chi connectivity index (χ0n) is 20.5. The van der Waals surface area contributed by atoms with E-state index >= 15 is 0 Å². The Morgan fingerprint density at radius 2 is 0.972 bits per heavy atom. The summed E-state index contributed by atoms with van der Waals surface area (Å²) in [6, 6.07) is 33.4. The predicted molar refractivity (Wildman–Crippen MR) is 144 cm³/mol. The van der Waals surface area contributed by atoms with Crippen LogP contribution in [0.3, 0.4) is 0 Å². The van der Waals surface area contributed by atoms with Gasteiger partial charge in [0.1, 0.15) is 23.0 Å². The summed E-state index contributed by atoms with van der Waals surface area (Å²) in [4.78, 5) is 13.1. The molecular formula is C30H28N2O4. The van der Waals surface area contributed by atoms with E-state index in [1.54, 1.807) is 76.1 Å². The quantitative estimate of drug-likeness (QED) is 0.173. The minimum Gasteiger partial charge on any atom is -0.497 e. The van der Waals surface area contributed by atoms with Gasteiger partial charge in [0, 0.05) is 11.1 Å². The lowest BCUT2D eigenvalue weighted by atomic mass is 10.0. The largest absolute Gasteiger partial charge is 0.497 e. The third-order valence-corrected chi connectivity index (χ3v) is 5.08. The fraction of sp³-hybridized carbons (Fsp3) is 0.100. The second-order valence-corrected chi connectivity index (χ2v) is 7.41. The fourth-order valence-electron chi connectivity index (χ4n) is 3.09. The number of rotatable bonds is 8. The van der Waals surface area contributed by atoms with E-state index in [1.165, 1.54) is 0 Å². The van der Waals surface area contributed by atoms with Crippen molar-refractivity contribution in [3.63, 3.8) is 0 Å². The van der Waals surface area contributed by atoms with E-state index in [2.05, 4.69) is 10.2 Å². The summed E-state index contributed by atoms with van der Waals surface area (Å²) in [7, 11) is 4.78. The molecule has 0 aliphatic heterocycles. The highest BCUT2D eigenvalue weighted by Crippen LogP contribution is 2.17. The summed E-state index contributed by atoms with van der Waals surface area (Å²) in [6.45, 7) is 0. The minimum atomic E-state index is -0.241. The lowest BCUT2D eigenvalue weighted by Gasteiger charge is -2.07. The molecular weight excluding hydrogens is 452 g/mol. The molecule has 0 aromatic heterocycles. The Labute approximate surface area is 211 Å². The van der Waals surface area contributed by atoms with E-state index in [-0.39, 0.29) is 11.5 Å². The molecule has 0 spiro atoms.